The molecule has 0 fully saturated rings. The van der Waals surface area contributed by atoms with E-state index in [-0.39, 0.29) is 5.82 Å². The zero-order valence-electron chi connectivity index (χ0n) is 11.5. The SMILES string of the molecule is Cc1cc(Cl)c(NCc2cccc(F)c2)c2cccnc12. The molecule has 0 radical (unpaired) electrons. The van der Waals surface area contributed by atoms with Crippen molar-refractivity contribution in [2.24, 2.45) is 0 Å². The molecule has 3 rings (SSSR count). The second-order valence-electron chi connectivity index (χ2n) is 4.93. The number of nitrogens with one attached hydrogen (secondary N) is 1. The van der Waals surface area contributed by atoms with E-state index < -0.39 is 0 Å². The molecule has 0 aliphatic rings. The van der Waals surface area contributed by atoms with E-state index in [0.29, 0.717) is 11.6 Å². The summed E-state index contributed by atoms with van der Waals surface area (Å²) in [5, 5.41) is 4.90. The van der Waals surface area contributed by atoms with Crippen molar-refractivity contribution in [3.8, 4) is 0 Å². The fraction of sp³-hybridized carbons (Fsp3) is 0.118. The first-order valence-corrected chi connectivity index (χ1v) is 7.05. The van der Waals surface area contributed by atoms with Crippen LogP contribution in [0.1, 0.15) is 11.1 Å². The van der Waals surface area contributed by atoms with Gasteiger partial charge in [-0.1, -0.05) is 23.7 Å². The molecule has 0 aliphatic heterocycles. The summed E-state index contributed by atoms with van der Waals surface area (Å²) in [6, 6.07) is 12.3. The van der Waals surface area contributed by atoms with Gasteiger partial charge in [0.15, 0.2) is 0 Å². The van der Waals surface area contributed by atoms with Crippen LogP contribution < -0.4 is 5.32 Å². The second-order valence-corrected chi connectivity index (χ2v) is 5.34. The largest absolute Gasteiger partial charge is 0.379 e. The molecule has 2 nitrogen and oxygen atoms in total. The lowest BCUT2D eigenvalue weighted by atomic mass is 10.1. The van der Waals surface area contributed by atoms with E-state index in [1.54, 1.807) is 12.3 Å². The van der Waals surface area contributed by atoms with Gasteiger partial charge in [0.1, 0.15) is 5.82 Å². The van der Waals surface area contributed by atoms with Crippen LogP contribution in [0.5, 0.6) is 0 Å². The Morgan fingerprint density at radius 3 is 2.86 bits per heavy atom. The summed E-state index contributed by atoms with van der Waals surface area (Å²) in [5.41, 5.74) is 3.65. The van der Waals surface area contributed by atoms with Gasteiger partial charge in [-0.3, -0.25) is 4.98 Å². The molecule has 0 atom stereocenters. The summed E-state index contributed by atoms with van der Waals surface area (Å²) in [4.78, 5) is 4.39. The number of aromatic nitrogens is 1. The van der Waals surface area contributed by atoms with Crippen LogP contribution in [-0.2, 0) is 6.54 Å². The molecular formula is C17H14ClFN2. The fourth-order valence-electron chi connectivity index (χ4n) is 2.40. The Balaban J connectivity index is 1.97. The molecule has 0 aliphatic carbocycles. The highest BCUT2D eigenvalue weighted by Crippen LogP contribution is 2.32. The number of rotatable bonds is 3. The third-order valence-corrected chi connectivity index (χ3v) is 3.69. The number of pyridine rings is 1. The Kier molecular flexibility index (Phi) is 3.76. The molecule has 1 N–H and O–H groups in total. The van der Waals surface area contributed by atoms with E-state index in [4.69, 9.17) is 11.6 Å². The van der Waals surface area contributed by atoms with Crippen molar-refractivity contribution in [2.75, 3.05) is 5.32 Å². The average Bonchev–Trinajstić information content (AvgIpc) is 2.47. The molecule has 2 aromatic carbocycles. The Bertz CT molecular complexity index is 802. The summed E-state index contributed by atoms with van der Waals surface area (Å²) in [5.74, 6) is -0.240. The Morgan fingerprint density at radius 2 is 2.05 bits per heavy atom. The first kappa shape index (κ1) is 13.8. The van der Waals surface area contributed by atoms with Crippen molar-refractivity contribution in [1.29, 1.82) is 0 Å². The zero-order valence-corrected chi connectivity index (χ0v) is 12.3. The number of aryl methyl sites for hydroxylation is 1. The molecule has 106 valence electrons. The predicted octanol–water partition coefficient (Wildman–Crippen LogP) is 4.95. The van der Waals surface area contributed by atoms with Crippen LogP contribution >= 0.6 is 11.6 Å². The molecule has 0 bridgehead atoms. The Hall–Kier alpha value is -2.13. The molecule has 0 saturated carbocycles. The zero-order chi connectivity index (χ0) is 14.8. The van der Waals surface area contributed by atoms with Gasteiger partial charge in [-0.15, -0.1) is 0 Å². The molecule has 3 aromatic rings. The molecular weight excluding hydrogens is 287 g/mol. The Labute approximate surface area is 127 Å². The summed E-state index contributed by atoms with van der Waals surface area (Å²) in [6.07, 6.45) is 1.76. The highest BCUT2D eigenvalue weighted by molar-refractivity contribution is 6.35. The molecule has 1 aromatic heterocycles. The lowest BCUT2D eigenvalue weighted by molar-refractivity contribution is 0.626. The maximum Gasteiger partial charge on any atom is 0.123 e. The van der Waals surface area contributed by atoms with Crippen LogP contribution in [0, 0.1) is 12.7 Å². The number of halogens is 2. The van der Waals surface area contributed by atoms with Gasteiger partial charge in [-0.2, -0.15) is 0 Å². The van der Waals surface area contributed by atoms with E-state index in [1.807, 2.05) is 31.2 Å². The predicted molar refractivity (Wildman–Crippen MR) is 85.2 cm³/mol. The lowest BCUT2D eigenvalue weighted by Gasteiger charge is -2.13. The van der Waals surface area contributed by atoms with Gasteiger partial charge in [0.05, 0.1) is 16.2 Å². The lowest BCUT2D eigenvalue weighted by Crippen LogP contribution is -2.02. The van der Waals surface area contributed by atoms with Crippen LogP contribution in [0.3, 0.4) is 0 Å². The van der Waals surface area contributed by atoms with Gasteiger partial charge in [0.25, 0.3) is 0 Å². The van der Waals surface area contributed by atoms with Gasteiger partial charge >= 0.3 is 0 Å². The van der Waals surface area contributed by atoms with Crippen molar-refractivity contribution in [3.63, 3.8) is 0 Å². The van der Waals surface area contributed by atoms with Crippen LogP contribution in [0.4, 0.5) is 10.1 Å². The van der Waals surface area contributed by atoms with Crippen LogP contribution in [-0.4, -0.2) is 4.98 Å². The maximum atomic E-state index is 13.2. The smallest absolute Gasteiger partial charge is 0.123 e. The summed E-state index contributed by atoms with van der Waals surface area (Å²) in [7, 11) is 0. The molecule has 0 saturated heterocycles. The van der Waals surface area contributed by atoms with E-state index in [9.17, 15) is 4.39 Å². The standard InChI is InChI=1S/C17H14ClFN2/c1-11-8-15(18)17(14-6-3-7-20-16(11)14)21-10-12-4-2-5-13(19)9-12/h2-9,21H,10H2,1H3. The van der Waals surface area contributed by atoms with Crippen LogP contribution in [0.25, 0.3) is 10.9 Å². The monoisotopic (exact) mass is 300 g/mol. The van der Waals surface area contributed by atoms with Crippen molar-refractivity contribution in [2.45, 2.75) is 13.5 Å². The van der Waals surface area contributed by atoms with Gasteiger partial charge < -0.3 is 5.32 Å². The van der Waals surface area contributed by atoms with Crippen molar-refractivity contribution in [1.82, 2.24) is 4.98 Å². The van der Waals surface area contributed by atoms with Crippen molar-refractivity contribution < 1.29 is 4.39 Å². The number of benzene rings is 2. The number of hydrogen-bond donors (Lipinski definition) is 1. The second kappa shape index (κ2) is 5.70. The number of fused-ring (bicyclic) bond motifs is 1. The third kappa shape index (κ3) is 2.83. The summed E-state index contributed by atoms with van der Waals surface area (Å²) in [6.45, 7) is 2.49. The number of anilines is 1. The van der Waals surface area contributed by atoms with Gasteiger partial charge in [-0.05, 0) is 48.4 Å². The van der Waals surface area contributed by atoms with E-state index in [2.05, 4.69) is 10.3 Å². The van der Waals surface area contributed by atoms with E-state index in [1.165, 1.54) is 12.1 Å². The van der Waals surface area contributed by atoms with Gasteiger partial charge in [0.2, 0.25) is 0 Å². The minimum Gasteiger partial charge on any atom is -0.379 e. The normalized spacial score (nSPS) is 10.8. The third-order valence-electron chi connectivity index (χ3n) is 3.39. The highest BCUT2D eigenvalue weighted by Gasteiger charge is 2.09. The number of nitrogens with zero attached hydrogens (tertiary/aromatic N) is 1. The molecule has 21 heavy (non-hydrogen) atoms. The number of hydrogen-bond acceptors (Lipinski definition) is 2. The molecule has 1 heterocycles. The molecule has 0 unspecified atom stereocenters. The summed E-state index contributed by atoms with van der Waals surface area (Å²) < 4.78 is 13.2. The minimum atomic E-state index is -0.240. The van der Waals surface area contributed by atoms with E-state index >= 15 is 0 Å². The van der Waals surface area contributed by atoms with Crippen LogP contribution in [0.2, 0.25) is 5.02 Å². The highest BCUT2D eigenvalue weighted by atomic mass is 35.5. The van der Waals surface area contributed by atoms with Crippen molar-refractivity contribution >= 4 is 28.2 Å². The van der Waals surface area contributed by atoms with Crippen LogP contribution in [0.15, 0.2) is 48.7 Å². The van der Waals surface area contributed by atoms with E-state index in [0.717, 1.165) is 27.7 Å². The first-order valence-electron chi connectivity index (χ1n) is 6.67. The van der Waals surface area contributed by atoms with Gasteiger partial charge in [0, 0.05) is 18.1 Å². The van der Waals surface area contributed by atoms with Crippen molar-refractivity contribution in [3.05, 3.63) is 70.6 Å². The Morgan fingerprint density at radius 1 is 1.19 bits per heavy atom. The maximum absolute atomic E-state index is 13.2. The van der Waals surface area contributed by atoms with Gasteiger partial charge in [-0.25, -0.2) is 4.39 Å². The molecule has 0 amide bonds. The average molecular weight is 301 g/mol. The molecule has 4 heteroatoms. The minimum absolute atomic E-state index is 0.240. The topological polar surface area (TPSA) is 24.9 Å². The fourth-order valence-corrected chi connectivity index (χ4v) is 2.73. The summed E-state index contributed by atoms with van der Waals surface area (Å²) >= 11 is 6.34. The molecule has 0 spiro atoms. The quantitative estimate of drug-likeness (QED) is 0.740. The first-order chi connectivity index (χ1) is 10.1.